The van der Waals surface area contributed by atoms with Gasteiger partial charge in [-0.15, -0.1) is 0 Å². The highest BCUT2D eigenvalue weighted by Crippen LogP contribution is 2.67. The van der Waals surface area contributed by atoms with Crippen molar-refractivity contribution in [1.82, 2.24) is 0 Å². The van der Waals surface area contributed by atoms with E-state index in [0.29, 0.717) is 11.3 Å². The third kappa shape index (κ3) is 2.48. The van der Waals surface area contributed by atoms with Gasteiger partial charge in [-0.1, -0.05) is 33.3 Å². The average molecular weight is 347 g/mol. The van der Waals surface area contributed by atoms with Crippen LogP contribution >= 0.6 is 0 Å². The molecule has 0 aromatic heterocycles. The largest absolute Gasteiger partial charge is 0.508 e. The number of hydrogen-bond donors (Lipinski definition) is 0. The Morgan fingerprint density at radius 2 is 1.88 bits per heavy atom. The maximum Gasteiger partial charge on any atom is 0.508 e. The van der Waals surface area contributed by atoms with Crippen LogP contribution in [0.4, 0.5) is 4.79 Å². The van der Waals surface area contributed by atoms with Crippen molar-refractivity contribution in [3.63, 3.8) is 0 Å². The molecule has 3 heteroatoms. The van der Waals surface area contributed by atoms with Crippen molar-refractivity contribution in [3.05, 3.63) is 12.2 Å². The molecule has 4 aliphatic rings. The summed E-state index contributed by atoms with van der Waals surface area (Å²) in [7, 11) is 1.38. The minimum Gasteiger partial charge on any atom is -0.438 e. The quantitative estimate of drug-likeness (QED) is 0.449. The van der Waals surface area contributed by atoms with Gasteiger partial charge in [-0.25, -0.2) is 4.79 Å². The summed E-state index contributed by atoms with van der Waals surface area (Å²) in [5.41, 5.74) is 1.82. The molecule has 25 heavy (non-hydrogen) atoms. The Hall–Kier alpha value is -0.990. The van der Waals surface area contributed by atoms with Crippen LogP contribution in [0.2, 0.25) is 0 Å². The predicted octanol–water partition coefficient (Wildman–Crippen LogP) is 5.74. The van der Waals surface area contributed by atoms with Gasteiger partial charge in [0.15, 0.2) is 0 Å². The van der Waals surface area contributed by atoms with Gasteiger partial charge in [0.2, 0.25) is 0 Å². The second-order valence-electron chi connectivity index (χ2n) is 9.68. The lowest BCUT2D eigenvalue weighted by atomic mass is 9.45. The number of rotatable bonds is 1. The van der Waals surface area contributed by atoms with Gasteiger partial charge in [0, 0.05) is 0 Å². The molecule has 4 rings (SSSR count). The van der Waals surface area contributed by atoms with E-state index in [4.69, 9.17) is 9.47 Å². The molecule has 0 spiro atoms. The van der Waals surface area contributed by atoms with Crippen molar-refractivity contribution in [2.75, 3.05) is 7.11 Å². The zero-order chi connectivity index (χ0) is 17.8. The zero-order valence-electron chi connectivity index (χ0n) is 16.2. The van der Waals surface area contributed by atoms with Gasteiger partial charge in [-0.2, -0.15) is 0 Å². The molecule has 140 valence electrons. The van der Waals surface area contributed by atoms with Crippen LogP contribution in [0.3, 0.4) is 0 Å². The zero-order valence-corrected chi connectivity index (χ0v) is 16.2. The number of methoxy groups -OCH3 is 1. The first kappa shape index (κ1) is 17.4. The summed E-state index contributed by atoms with van der Waals surface area (Å²) in [6.07, 6.45) is 11.3. The van der Waals surface area contributed by atoms with Crippen molar-refractivity contribution in [1.29, 1.82) is 0 Å². The van der Waals surface area contributed by atoms with Crippen molar-refractivity contribution < 1.29 is 14.3 Å². The Bertz CT molecular complexity index is 570. The van der Waals surface area contributed by atoms with Crippen molar-refractivity contribution in [3.8, 4) is 0 Å². The molecule has 3 nitrogen and oxygen atoms in total. The minimum atomic E-state index is -0.562. The number of hydrogen-bond acceptors (Lipinski definition) is 3. The number of carbonyl (C=O) groups excluding carboxylic acids is 1. The SMILES string of the molecule is C=C1[C@H](OC(=O)OC)CC2C3CC[C@@H]4CCCC[C@]4(C)C3CC[C@]12C. The summed E-state index contributed by atoms with van der Waals surface area (Å²) in [5, 5.41) is 0. The standard InChI is InChI=1S/C22H34O3/c1-14-19(25-20(23)24-4)13-18-16-9-8-15-7-5-6-11-22(15,3)17(16)10-12-21(14,18)2/h15-19H,1,5-13H2,2-4H3/t15-,16?,17?,18?,19+,21+,22-/m0/s1. The van der Waals surface area contributed by atoms with Crippen LogP contribution in [0.1, 0.15) is 71.6 Å². The first-order chi connectivity index (χ1) is 11.9. The molecule has 4 saturated carbocycles. The first-order valence-electron chi connectivity index (χ1n) is 10.3. The third-order valence-corrected chi connectivity index (χ3v) is 8.97. The molecule has 0 aromatic rings. The summed E-state index contributed by atoms with van der Waals surface area (Å²) in [6.45, 7) is 9.36. The van der Waals surface area contributed by atoms with E-state index in [1.54, 1.807) is 0 Å². The van der Waals surface area contributed by atoms with Crippen LogP contribution in [0.5, 0.6) is 0 Å². The number of fused-ring (bicyclic) bond motifs is 5. The molecule has 3 unspecified atom stereocenters. The van der Waals surface area contributed by atoms with Crippen LogP contribution in [-0.2, 0) is 9.47 Å². The van der Waals surface area contributed by atoms with E-state index in [-0.39, 0.29) is 11.5 Å². The van der Waals surface area contributed by atoms with Crippen molar-refractivity contribution in [2.24, 2.45) is 34.5 Å². The van der Waals surface area contributed by atoms with Gasteiger partial charge in [0.05, 0.1) is 7.11 Å². The fourth-order valence-corrected chi connectivity index (χ4v) is 7.47. The van der Waals surface area contributed by atoms with E-state index in [0.717, 1.165) is 29.7 Å². The Balaban J connectivity index is 1.59. The van der Waals surface area contributed by atoms with E-state index in [1.807, 2.05) is 0 Å². The fourth-order valence-electron chi connectivity index (χ4n) is 7.47. The molecule has 0 aliphatic heterocycles. The maximum atomic E-state index is 11.7. The van der Waals surface area contributed by atoms with Gasteiger partial charge in [-0.05, 0) is 85.0 Å². The summed E-state index contributed by atoms with van der Waals surface area (Å²) < 4.78 is 10.3. The lowest BCUT2D eigenvalue weighted by Gasteiger charge is -2.60. The highest BCUT2D eigenvalue weighted by Gasteiger charge is 2.60. The molecule has 0 aromatic carbocycles. The topological polar surface area (TPSA) is 35.5 Å². The van der Waals surface area contributed by atoms with E-state index in [9.17, 15) is 4.79 Å². The van der Waals surface area contributed by atoms with Gasteiger partial charge in [0.1, 0.15) is 6.10 Å². The molecule has 7 atom stereocenters. The normalized spacial score (nSPS) is 48.9. The Labute approximate surface area is 152 Å². The monoisotopic (exact) mass is 346 g/mol. The molecular weight excluding hydrogens is 312 g/mol. The second-order valence-corrected chi connectivity index (χ2v) is 9.68. The van der Waals surface area contributed by atoms with E-state index in [2.05, 4.69) is 20.4 Å². The molecule has 0 saturated heterocycles. The van der Waals surface area contributed by atoms with Crippen LogP contribution in [-0.4, -0.2) is 19.4 Å². The summed E-state index contributed by atoms with van der Waals surface area (Å²) >= 11 is 0. The summed E-state index contributed by atoms with van der Waals surface area (Å²) in [6, 6.07) is 0. The minimum absolute atomic E-state index is 0.137. The van der Waals surface area contributed by atoms with E-state index in [1.165, 1.54) is 58.5 Å². The molecule has 0 bridgehead atoms. The molecule has 0 heterocycles. The molecule has 4 aliphatic carbocycles. The van der Waals surface area contributed by atoms with Gasteiger partial charge < -0.3 is 9.47 Å². The second kappa shape index (κ2) is 6.03. The number of carbonyl (C=O) groups is 1. The molecule has 0 N–H and O–H groups in total. The maximum absolute atomic E-state index is 11.7. The highest BCUT2D eigenvalue weighted by atomic mass is 16.7. The number of ether oxygens (including phenoxy) is 2. The molecule has 0 radical (unpaired) electrons. The van der Waals surface area contributed by atoms with E-state index < -0.39 is 6.16 Å². The van der Waals surface area contributed by atoms with Crippen LogP contribution in [0.25, 0.3) is 0 Å². The molecule has 4 fully saturated rings. The van der Waals surface area contributed by atoms with Crippen molar-refractivity contribution >= 4 is 6.16 Å². The summed E-state index contributed by atoms with van der Waals surface area (Å²) in [5.74, 6) is 3.20. The molecule has 0 amide bonds. The lowest BCUT2D eigenvalue weighted by Crippen LogP contribution is -2.51. The Kier molecular flexibility index (Phi) is 4.20. The van der Waals surface area contributed by atoms with Gasteiger partial charge >= 0.3 is 6.16 Å². The highest BCUT2D eigenvalue weighted by molar-refractivity contribution is 5.60. The Morgan fingerprint density at radius 3 is 2.64 bits per heavy atom. The average Bonchev–Trinajstić information content (AvgIpc) is 2.85. The first-order valence-corrected chi connectivity index (χ1v) is 10.3. The van der Waals surface area contributed by atoms with Gasteiger partial charge in [-0.3, -0.25) is 0 Å². The molecular formula is C22H34O3. The van der Waals surface area contributed by atoms with Crippen LogP contribution < -0.4 is 0 Å². The summed E-state index contributed by atoms with van der Waals surface area (Å²) in [4.78, 5) is 11.7. The predicted molar refractivity (Wildman–Crippen MR) is 98.1 cm³/mol. The van der Waals surface area contributed by atoms with Gasteiger partial charge in [0.25, 0.3) is 0 Å². The lowest BCUT2D eigenvalue weighted by molar-refractivity contribution is -0.0979. The fraction of sp³-hybridized carbons (Fsp3) is 0.864. The Morgan fingerprint density at radius 1 is 1.08 bits per heavy atom. The van der Waals surface area contributed by atoms with Crippen molar-refractivity contribution in [2.45, 2.75) is 77.7 Å². The van der Waals surface area contributed by atoms with Crippen LogP contribution in [0, 0.1) is 34.5 Å². The smallest absolute Gasteiger partial charge is 0.438 e. The third-order valence-electron chi connectivity index (χ3n) is 8.97. The van der Waals surface area contributed by atoms with E-state index >= 15 is 0 Å². The van der Waals surface area contributed by atoms with Crippen LogP contribution in [0.15, 0.2) is 12.2 Å².